The molecule has 0 spiro atoms. The van der Waals surface area contributed by atoms with Crippen molar-refractivity contribution >= 4 is 34.8 Å². The molecule has 21 heavy (non-hydrogen) atoms. The lowest BCUT2D eigenvalue weighted by atomic mass is 10.2. The highest BCUT2D eigenvalue weighted by Gasteiger charge is 2.22. The van der Waals surface area contributed by atoms with Crippen molar-refractivity contribution in [3.63, 3.8) is 0 Å². The summed E-state index contributed by atoms with van der Waals surface area (Å²) in [6.45, 7) is -0.172. The molecule has 0 N–H and O–H groups in total. The Balaban J connectivity index is 2.69. The molecule has 0 aliphatic carbocycles. The molecule has 0 bridgehead atoms. The molecular weight excluding hydrogens is 304 g/mol. The molecule has 0 aliphatic rings. The van der Waals surface area contributed by atoms with E-state index in [0.29, 0.717) is 5.56 Å². The third kappa shape index (κ3) is 4.84. The van der Waals surface area contributed by atoms with Gasteiger partial charge >= 0.3 is 5.97 Å². The molecule has 0 atom stereocenters. The fourth-order valence-corrected chi connectivity index (χ4v) is 1.41. The smallest absolute Gasteiger partial charge is 0.364 e. The molecule has 0 fully saturated rings. The first-order valence-electron chi connectivity index (χ1n) is 5.60. The van der Waals surface area contributed by atoms with E-state index in [1.807, 2.05) is 0 Å². The molecule has 1 aromatic carbocycles. The quantitative estimate of drug-likeness (QED) is 0.188. The van der Waals surface area contributed by atoms with Crippen LogP contribution in [0.25, 0.3) is 0 Å². The fraction of sp³-hybridized carbons (Fsp3) is 0.250. The summed E-state index contributed by atoms with van der Waals surface area (Å²) in [5.41, 5.74) is -0.109. The summed E-state index contributed by atoms with van der Waals surface area (Å²) in [5, 5.41) is 13.8. The largest absolute Gasteiger partial charge is 0.456 e. The molecule has 1 aromatic rings. The number of benzene rings is 1. The van der Waals surface area contributed by atoms with Gasteiger partial charge in [0.2, 0.25) is 11.5 Å². The van der Waals surface area contributed by atoms with Gasteiger partial charge < -0.3 is 9.57 Å². The molecule has 0 amide bonds. The Kier molecular flexibility index (Phi) is 6.28. The summed E-state index contributed by atoms with van der Waals surface area (Å²) in [5.74, 6) is -2.15. The highest BCUT2D eigenvalue weighted by Crippen LogP contribution is 2.12. The van der Waals surface area contributed by atoms with Gasteiger partial charge in [-0.15, -0.1) is 11.6 Å². The van der Waals surface area contributed by atoms with E-state index < -0.39 is 28.3 Å². The predicted molar refractivity (Wildman–Crippen MR) is 73.1 cm³/mol. The predicted octanol–water partition coefficient (Wildman–Crippen LogP) is 1.45. The molecule has 1 rings (SSSR count). The van der Waals surface area contributed by atoms with Crippen LogP contribution in [0.15, 0.2) is 29.4 Å². The molecule has 0 saturated carbocycles. The van der Waals surface area contributed by atoms with Gasteiger partial charge in [0.1, 0.15) is 13.7 Å². The van der Waals surface area contributed by atoms with E-state index in [0.717, 1.165) is 0 Å². The van der Waals surface area contributed by atoms with Crippen LogP contribution in [-0.4, -0.2) is 35.4 Å². The van der Waals surface area contributed by atoms with Crippen LogP contribution in [0.2, 0.25) is 0 Å². The van der Waals surface area contributed by atoms with Crippen LogP contribution in [-0.2, 0) is 25.8 Å². The van der Waals surface area contributed by atoms with E-state index in [2.05, 4.69) is 9.99 Å². The minimum Gasteiger partial charge on any atom is -0.456 e. The number of ether oxygens (including phenoxy) is 1. The minimum absolute atomic E-state index is 0.0796. The van der Waals surface area contributed by atoms with E-state index in [1.54, 1.807) is 0 Å². The topological polar surface area (TPSA) is 108 Å². The third-order valence-corrected chi connectivity index (χ3v) is 2.52. The number of carbonyl (C=O) groups excluding carboxylic acids is 2. The minimum atomic E-state index is -0.985. The first-order valence-corrected chi connectivity index (χ1v) is 6.13. The number of rotatable bonds is 7. The van der Waals surface area contributed by atoms with Gasteiger partial charge in [0.05, 0.1) is 10.8 Å². The van der Waals surface area contributed by atoms with Crippen LogP contribution < -0.4 is 0 Å². The molecule has 0 heterocycles. The van der Waals surface area contributed by atoms with Crippen molar-refractivity contribution < 1.29 is 24.1 Å². The number of oxime groups is 1. The zero-order valence-corrected chi connectivity index (χ0v) is 11.7. The summed E-state index contributed by atoms with van der Waals surface area (Å²) >= 11 is 5.33. The molecule has 0 saturated heterocycles. The molecule has 0 aliphatic heterocycles. The second-order valence-electron chi connectivity index (χ2n) is 3.68. The van der Waals surface area contributed by atoms with Gasteiger partial charge in [-0.25, -0.2) is 4.79 Å². The fourth-order valence-electron chi connectivity index (χ4n) is 1.29. The van der Waals surface area contributed by atoms with E-state index in [9.17, 15) is 19.7 Å². The molecular formula is C12H11ClN2O6. The summed E-state index contributed by atoms with van der Waals surface area (Å²) in [6, 6.07) is 5.42. The van der Waals surface area contributed by atoms with Crippen molar-refractivity contribution in [3.8, 4) is 0 Å². The van der Waals surface area contributed by atoms with Crippen molar-refractivity contribution in [1.82, 2.24) is 0 Å². The highest BCUT2D eigenvalue weighted by molar-refractivity contribution is 6.67. The van der Waals surface area contributed by atoms with Crippen molar-refractivity contribution in [2.45, 2.75) is 6.61 Å². The molecule has 0 aromatic heterocycles. The highest BCUT2D eigenvalue weighted by atomic mass is 35.5. The Morgan fingerprint density at radius 2 is 1.95 bits per heavy atom. The maximum absolute atomic E-state index is 11.7. The van der Waals surface area contributed by atoms with Crippen LogP contribution >= 0.6 is 11.6 Å². The second-order valence-corrected chi connectivity index (χ2v) is 3.95. The first-order chi connectivity index (χ1) is 9.99. The van der Waals surface area contributed by atoms with Crippen LogP contribution in [0.1, 0.15) is 5.56 Å². The molecule has 0 radical (unpaired) electrons. The number of alkyl halides is 1. The van der Waals surface area contributed by atoms with Crippen LogP contribution in [0.4, 0.5) is 5.69 Å². The van der Waals surface area contributed by atoms with E-state index >= 15 is 0 Å². The Bertz CT molecular complexity index is 570. The van der Waals surface area contributed by atoms with Gasteiger partial charge in [0.15, 0.2) is 0 Å². The van der Waals surface area contributed by atoms with Crippen molar-refractivity contribution in [3.05, 3.63) is 39.9 Å². The third-order valence-electron chi connectivity index (χ3n) is 2.28. The monoisotopic (exact) mass is 314 g/mol. The van der Waals surface area contributed by atoms with Gasteiger partial charge in [-0.05, 0) is 17.7 Å². The van der Waals surface area contributed by atoms with E-state index in [-0.39, 0.29) is 12.3 Å². The van der Waals surface area contributed by atoms with Gasteiger partial charge in [0, 0.05) is 12.1 Å². The standard InChI is InChI=1S/C12H11ClN2O6/c1-20-14-11(10(16)6-13)12(17)21-7-8-2-4-9(5-3-8)15(18)19/h2-5H,6-7H2,1H3. The lowest BCUT2D eigenvalue weighted by molar-refractivity contribution is -0.384. The number of hydrogen-bond donors (Lipinski definition) is 0. The zero-order chi connectivity index (χ0) is 15.8. The number of nitro benzene ring substituents is 1. The van der Waals surface area contributed by atoms with Gasteiger partial charge in [-0.3, -0.25) is 14.9 Å². The number of Topliss-reactive ketones (excluding diaryl/α,β-unsaturated/α-hetero) is 1. The lowest BCUT2D eigenvalue weighted by Crippen LogP contribution is -2.27. The Morgan fingerprint density at radius 1 is 1.33 bits per heavy atom. The summed E-state index contributed by atoms with van der Waals surface area (Å²) < 4.78 is 4.87. The van der Waals surface area contributed by atoms with Crippen LogP contribution in [0.5, 0.6) is 0 Å². The second kappa shape index (κ2) is 7.95. The number of non-ortho nitro benzene ring substituents is 1. The summed E-state index contributed by atoms with van der Waals surface area (Å²) in [7, 11) is 1.17. The number of carbonyl (C=O) groups is 2. The Hall–Kier alpha value is -2.48. The van der Waals surface area contributed by atoms with Crippen molar-refractivity contribution in [2.24, 2.45) is 5.16 Å². The van der Waals surface area contributed by atoms with Crippen molar-refractivity contribution in [1.29, 1.82) is 0 Å². The maximum atomic E-state index is 11.7. The lowest BCUT2D eigenvalue weighted by Gasteiger charge is -2.05. The molecule has 112 valence electrons. The van der Waals surface area contributed by atoms with Crippen molar-refractivity contribution in [2.75, 3.05) is 13.0 Å². The van der Waals surface area contributed by atoms with E-state index in [1.165, 1.54) is 31.4 Å². The number of nitrogens with zero attached hydrogens (tertiary/aromatic N) is 2. The number of hydrogen-bond acceptors (Lipinski definition) is 7. The normalized spacial score (nSPS) is 10.9. The average Bonchev–Trinajstić information content (AvgIpc) is 2.49. The molecule has 9 heteroatoms. The average molecular weight is 315 g/mol. The summed E-state index contributed by atoms with van der Waals surface area (Å²) in [4.78, 5) is 37.3. The zero-order valence-electron chi connectivity index (χ0n) is 10.9. The van der Waals surface area contributed by atoms with Gasteiger partial charge in [0.25, 0.3) is 5.69 Å². The number of nitro groups is 1. The first kappa shape index (κ1) is 16.6. The van der Waals surface area contributed by atoms with Crippen LogP contribution in [0, 0.1) is 10.1 Å². The SMILES string of the molecule is CON=C(C(=O)CCl)C(=O)OCc1ccc([N+](=O)[O-])cc1. The Labute approximate surface area is 124 Å². The van der Waals surface area contributed by atoms with Gasteiger partial charge in [-0.1, -0.05) is 5.16 Å². The Morgan fingerprint density at radius 3 is 2.43 bits per heavy atom. The number of ketones is 1. The summed E-state index contributed by atoms with van der Waals surface area (Å²) in [6.07, 6.45) is 0. The number of halogens is 1. The number of esters is 1. The molecule has 8 nitrogen and oxygen atoms in total. The van der Waals surface area contributed by atoms with E-state index in [4.69, 9.17) is 16.3 Å². The molecule has 0 unspecified atom stereocenters. The van der Waals surface area contributed by atoms with Gasteiger partial charge in [-0.2, -0.15) is 0 Å². The van der Waals surface area contributed by atoms with Crippen LogP contribution in [0.3, 0.4) is 0 Å². The maximum Gasteiger partial charge on any atom is 0.364 e.